The van der Waals surface area contributed by atoms with Crippen LogP contribution in [0, 0.1) is 24.1 Å². The van der Waals surface area contributed by atoms with Gasteiger partial charge in [0.2, 0.25) is 0 Å². The van der Waals surface area contributed by atoms with Crippen LogP contribution in [0.2, 0.25) is 5.02 Å². The number of amides is 3. The van der Waals surface area contributed by atoms with Gasteiger partial charge in [-0.25, -0.2) is 14.2 Å². The summed E-state index contributed by atoms with van der Waals surface area (Å²) in [6, 6.07) is 5.52. The van der Waals surface area contributed by atoms with E-state index >= 15 is 0 Å². The average Bonchev–Trinajstić information content (AvgIpc) is 3.36. The Balaban J connectivity index is 1.65. The van der Waals surface area contributed by atoms with E-state index in [1.54, 1.807) is 30.0 Å². The van der Waals surface area contributed by atoms with Gasteiger partial charge in [-0.1, -0.05) is 11.6 Å². The summed E-state index contributed by atoms with van der Waals surface area (Å²) in [5.74, 6) is -0.196. The number of fused-ring (bicyclic) bond motifs is 2. The second-order valence-electron chi connectivity index (χ2n) is 7.82. The molecule has 0 saturated heterocycles. The number of anilines is 1. The van der Waals surface area contributed by atoms with Crippen LogP contribution in [0.3, 0.4) is 0 Å². The van der Waals surface area contributed by atoms with E-state index in [0.29, 0.717) is 38.7 Å². The van der Waals surface area contributed by atoms with Crippen molar-refractivity contribution >= 4 is 62.6 Å². The molecule has 170 valence electrons. The van der Waals surface area contributed by atoms with Crippen LogP contribution in [0.1, 0.15) is 17.8 Å². The molecule has 0 N–H and O–H groups in total. The predicted octanol–water partition coefficient (Wildman–Crippen LogP) is 4.06. The number of carbonyl (C=O) groups excluding carboxylic acids is 2. The summed E-state index contributed by atoms with van der Waals surface area (Å²) in [4.78, 5) is 37.7. The molecular formula is C23H17ClFN6O2S+. The highest BCUT2D eigenvalue weighted by Crippen LogP contribution is 2.43. The molecule has 0 aliphatic carbocycles. The second-order valence-corrected chi connectivity index (χ2v) is 9.37. The molecule has 0 spiro atoms. The summed E-state index contributed by atoms with van der Waals surface area (Å²) in [7, 11) is 1.80. The van der Waals surface area contributed by atoms with Gasteiger partial charge < -0.3 is 4.57 Å². The smallest absolute Gasteiger partial charge is 0.328 e. The zero-order chi connectivity index (χ0) is 24.1. The minimum Gasteiger partial charge on any atom is -0.328 e. The zero-order valence-electron chi connectivity index (χ0n) is 18.1. The number of aromatic nitrogens is 3. The molecule has 0 saturated carbocycles. The van der Waals surface area contributed by atoms with Crippen molar-refractivity contribution < 1.29 is 18.6 Å². The molecule has 0 fully saturated rings. The maximum Gasteiger partial charge on any atom is 0.506 e. The highest BCUT2D eigenvalue weighted by Gasteiger charge is 2.52. The Labute approximate surface area is 203 Å². The van der Waals surface area contributed by atoms with Gasteiger partial charge in [0.25, 0.3) is 0 Å². The number of aryl methyl sites for hydroxylation is 2. The van der Waals surface area contributed by atoms with Gasteiger partial charge in [0.05, 0.1) is 29.9 Å². The molecule has 3 aromatic rings. The van der Waals surface area contributed by atoms with E-state index in [4.69, 9.17) is 16.9 Å². The number of hydrogen-bond acceptors (Lipinski definition) is 6. The van der Waals surface area contributed by atoms with Crippen molar-refractivity contribution in [2.45, 2.75) is 18.6 Å². The number of thioether (sulfide) groups is 1. The number of benzene rings is 1. The lowest BCUT2D eigenvalue weighted by Gasteiger charge is -2.24. The number of imide groups is 1. The zero-order valence-corrected chi connectivity index (χ0v) is 19.7. The maximum atomic E-state index is 13.7. The quantitative estimate of drug-likeness (QED) is 0.506. The summed E-state index contributed by atoms with van der Waals surface area (Å²) in [5, 5.41) is 8.62. The van der Waals surface area contributed by atoms with Crippen molar-refractivity contribution in [3.05, 3.63) is 58.9 Å². The number of imidazole rings is 1. The fourth-order valence-corrected chi connectivity index (χ4v) is 5.74. The number of nitriles is 1. The van der Waals surface area contributed by atoms with Crippen LogP contribution < -0.4 is 4.90 Å². The lowest BCUT2D eigenvalue weighted by atomic mass is 10.1. The van der Waals surface area contributed by atoms with E-state index < -0.39 is 23.0 Å². The largest absolute Gasteiger partial charge is 0.506 e. The van der Waals surface area contributed by atoms with E-state index in [2.05, 4.69) is 16.0 Å². The number of halogens is 2. The second kappa shape index (κ2) is 8.34. The molecule has 2 aliphatic rings. The van der Waals surface area contributed by atoms with Crippen LogP contribution in [0.25, 0.3) is 15.9 Å². The molecule has 0 radical (unpaired) electrons. The summed E-state index contributed by atoms with van der Waals surface area (Å²) >= 11 is 7.50. The van der Waals surface area contributed by atoms with E-state index in [1.165, 1.54) is 34.7 Å². The highest BCUT2D eigenvalue weighted by atomic mass is 35.5. The van der Waals surface area contributed by atoms with Crippen molar-refractivity contribution in [3.8, 4) is 6.07 Å². The van der Waals surface area contributed by atoms with Crippen LogP contribution >= 0.6 is 23.4 Å². The number of nitrogens with zero attached hydrogens (tertiary/aromatic N) is 6. The van der Waals surface area contributed by atoms with Crippen LogP contribution in [0.15, 0.2) is 36.7 Å². The van der Waals surface area contributed by atoms with Crippen molar-refractivity contribution in [1.82, 2.24) is 14.5 Å². The molecule has 34 heavy (non-hydrogen) atoms. The van der Waals surface area contributed by atoms with E-state index in [0.717, 1.165) is 4.90 Å². The molecule has 11 heteroatoms. The first kappa shape index (κ1) is 22.3. The number of allylic oxidation sites excluding steroid dienone is 1. The number of carbonyl (C=O) groups is 2. The molecule has 1 atom stereocenters. The maximum absolute atomic E-state index is 13.7. The van der Waals surface area contributed by atoms with Gasteiger partial charge in [0, 0.05) is 17.5 Å². The van der Waals surface area contributed by atoms with Gasteiger partial charge in [0.1, 0.15) is 34.9 Å². The third-order valence-corrected chi connectivity index (χ3v) is 7.42. The van der Waals surface area contributed by atoms with Gasteiger partial charge >= 0.3 is 11.9 Å². The SMILES string of the molecule is Cc1nc2cncc(N3C(=O)C4SC(c5ccc(F)cc5Cl)=CC4=[N+](CCC#N)C3=O)c2n1C. The molecule has 3 amide bonds. The minimum atomic E-state index is -0.739. The lowest BCUT2D eigenvalue weighted by molar-refractivity contribution is -0.425. The number of hydrogen-bond donors (Lipinski definition) is 0. The van der Waals surface area contributed by atoms with Gasteiger partial charge in [-0.15, -0.1) is 16.7 Å². The van der Waals surface area contributed by atoms with Gasteiger partial charge in [-0.3, -0.25) is 4.98 Å². The summed E-state index contributed by atoms with van der Waals surface area (Å²) < 4.78 is 16.8. The van der Waals surface area contributed by atoms with Crippen molar-refractivity contribution in [2.24, 2.45) is 7.05 Å². The molecule has 2 aliphatic heterocycles. The average molecular weight is 496 g/mol. The Bertz CT molecular complexity index is 1510. The Morgan fingerprint density at radius 3 is 2.85 bits per heavy atom. The van der Waals surface area contributed by atoms with Crippen molar-refractivity contribution in [1.29, 1.82) is 5.26 Å². The summed E-state index contributed by atoms with van der Waals surface area (Å²) in [6.45, 7) is 1.93. The third-order valence-electron chi connectivity index (χ3n) is 5.84. The first-order valence-corrected chi connectivity index (χ1v) is 11.6. The summed E-state index contributed by atoms with van der Waals surface area (Å²) in [5.41, 5.74) is 2.53. The molecule has 1 unspecified atom stereocenters. The highest BCUT2D eigenvalue weighted by molar-refractivity contribution is 8.10. The molecular weight excluding hydrogens is 479 g/mol. The van der Waals surface area contributed by atoms with Crippen LogP contribution in [0.5, 0.6) is 0 Å². The van der Waals surface area contributed by atoms with Gasteiger partial charge in [-0.05, 0) is 31.2 Å². The fraction of sp³-hybridized carbons (Fsp3) is 0.217. The first-order valence-electron chi connectivity index (χ1n) is 10.3. The lowest BCUT2D eigenvalue weighted by Crippen LogP contribution is -2.55. The third kappa shape index (κ3) is 3.40. The standard InChI is InChI=1S/C23H17ClFN6O2S/c1-12-28-16-10-27-11-18(20(16)29(12)2)31-22(32)21-17(30(23(31)33)7-3-6-26)9-19(34-21)14-5-4-13(25)8-15(14)24/h4-5,8-11,21H,3,7H2,1-2H3/q+1. The Kier molecular flexibility index (Phi) is 5.46. The van der Waals surface area contributed by atoms with Crippen LogP contribution in [0.4, 0.5) is 14.9 Å². The predicted molar refractivity (Wildman–Crippen MR) is 127 cm³/mol. The van der Waals surface area contributed by atoms with Crippen LogP contribution in [-0.4, -0.2) is 48.6 Å². The molecule has 5 rings (SSSR count). The molecule has 0 bridgehead atoms. The minimum absolute atomic E-state index is 0.0857. The topological polar surface area (TPSA) is 94.9 Å². The van der Waals surface area contributed by atoms with E-state index in [9.17, 15) is 14.0 Å². The first-order chi connectivity index (χ1) is 16.3. The number of pyridine rings is 1. The van der Waals surface area contributed by atoms with E-state index in [-0.39, 0.29) is 18.0 Å². The van der Waals surface area contributed by atoms with Crippen molar-refractivity contribution in [2.75, 3.05) is 11.4 Å². The van der Waals surface area contributed by atoms with Gasteiger partial charge in [-0.2, -0.15) is 14.6 Å². The fourth-order valence-electron chi connectivity index (χ4n) is 4.14. The van der Waals surface area contributed by atoms with E-state index in [1.807, 2.05) is 6.92 Å². The monoisotopic (exact) mass is 495 g/mol. The molecule has 4 heterocycles. The van der Waals surface area contributed by atoms with Crippen molar-refractivity contribution in [3.63, 3.8) is 0 Å². The molecule has 2 aromatic heterocycles. The van der Waals surface area contributed by atoms with Gasteiger partial charge in [0.15, 0.2) is 10.9 Å². The Hall–Kier alpha value is -3.55. The van der Waals surface area contributed by atoms with Crippen LogP contribution in [-0.2, 0) is 11.8 Å². The Morgan fingerprint density at radius 1 is 1.32 bits per heavy atom. The number of rotatable bonds is 4. The summed E-state index contributed by atoms with van der Waals surface area (Å²) in [6.07, 6.45) is 4.85. The molecule has 8 nitrogen and oxygen atoms in total. The molecule has 1 aromatic carbocycles. The normalized spacial score (nSPS) is 17.9. The number of urea groups is 1. The Morgan fingerprint density at radius 2 is 2.12 bits per heavy atom.